The number of methoxy groups -OCH3 is 1. The Balaban J connectivity index is 2.49. The van der Waals surface area contributed by atoms with Crippen LogP contribution in [0.15, 0.2) is 18.2 Å². The van der Waals surface area contributed by atoms with Crippen molar-refractivity contribution in [3.05, 3.63) is 39.8 Å². The highest BCUT2D eigenvalue weighted by Crippen LogP contribution is 2.30. The van der Waals surface area contributed by atoms with Crippen LogP contribution in [0.25, 0.3) is 11.3 Å². The molecule has 0 aliphatic rings. The molecule has 0 saturated carbocycles. The normalized spacial score (nSPS) is 10.4. The fourth-order valence-corrected chi connectivity index (χ4v) is 1.91. The van der Waals surface area contributed by atoms with E-state index in [1.54, 1.807) is 0 Å². The quantitative estimate of drug-likeness (QED) is 0.681. The summed E-state index contributed by atoms with van der Waals surface area (Å²) < 4.78 is 18.3. The molecule has 0 radical (unpaired) electrons. The van der Waals surface area contributed by atoms with Gasteiger partial charge in [0, 0.05) is 10.6 Å². The van der Waals surface area contributed by atoms with E-state index < -0.39 is 11.8 Å². The van der Waals surface area contributed by atoms with Crippen LogP contribution in [-0.2, 0) is 4.74 Å². The number of esters is 1. The maximum atomic E-state index is 13.8. The predicted octanol–water partition coefficient (Wildman–Crippen LogP) is 3.31. The number of halogens is 3. The maximum Gasteiger partial charge on any atom is 0.356 e. The van der Waals surface area contributed by atoms with E-state index in [0.29, 0.717) is 0 Å². The van der Waals surface area contributed by atoms with Gasteiger partial charge < -0.3 is 4.74 Å². The Morgan fingerprint density at radius 1 is 1.39 bits per heavy atom. The molecule has 94 valence electrons. The summed E-state index contributed by atoms with van der Waals surface area (Å²) in [6.45, 7) is 0. The van der Waals surface area contributed by atoms with Crippen LogP contribution in [0.2, 0.25) is 10.0 Å². The van der Waals surface area contributed by atoms with Gasteiger partial charge >= 0.3 is 5.97 Å². The molecular formula is C11H7Cl2FN2O2. The van der Waals surface area contributed by atoms with Gasteiger partial charge in [0.2, 0.25) is 0 Å². The van der Waals surface area contributed by atoms with Gasteiger partial charge in [-0.3, -0.25) is 5.10 Å². The molecule has 1 heterocycles. The average molecular weight is 289 g/mol. The molecule has 0 fully saturated rings. The van der Waals surface area contributed by atoms with Crippen molar-refractivity contribution in [3.8, 4) is 11.3 Å². The molecule has 18 heavy (non-hydrogen) atoms. The average Bonchev–Trinajstić information content (AvgIpc) is 2.82. The number of ether oxygens (including phenoxy) is 1. The molecule has 0 atom stereocenters. The zero-order valence-corrected chi connectivity index (χ0v) is 10.6. The van der Waals surface area contributed by atoms with E-state index in [9.17, 15) is 9.18 Å². The van der Waals surface area contributed by atoms with Crippen LogP contribution in [0.5, 0.6) is 0 Å². The summed E-state index contributed by atoms with van der Waals surface area (Å²) >= 11 is 11.5. The van der Waals surface area contributed by atoms with Crippen molar-refractivity contribution >= 4 is 29.2 Å². The highest BCUT2D eigenvalue weighted by atomic mass is 35.5. The van der Waals surface area contributed by atoms with E-state index in [1.165, 1.54) is 25.3 Å². The number of rotatable bonds is 2. The van der Waals surface area contributed by atoms with Gasteiger partial charge in [-0.15, -0.1) is 0 Å². The Morgan fingerprint density at radius 2 is 2.11 bits per heavy atom. The first-order valence-corrected chi connectivity index (χ1v) is 5.57. The molecule has 0 bridgehead atoms. The van der Waals surface area contributed by atoms with Crippen molar-refractivity contribution in [1.29, 1.82) is 0 Å². The Bertz CT molecular complexity index is 613. The zero-order chi connectivity index (χ0) is 13.3. The van der Waals surface area contributed by atoms with Crippen LogP contribution >= 0.6 is 23.2 Å². The molecular weight excluding hydrogens is 282 g/mol. The number of aromatic nitrogens is 2. The molecule has 2 aromatic rings. The Kier molecular flexibility index (Phi) is 3.54. The minimum absolute atomic E-state index is 0.110. The third kappa shape index (κ3) is 2.32. The standard InChI is InChI=1S/C11H7Cl2FN2O2/c1-18-11(17)9-4-8(15-16-9)6-2-5(12)3-7(13)10(6)14/h2-4H,1H3,(H,15,16). The highest BCUT2D eigenvalue weighted by Gasteiger charge is 2.16. The van der Waals surface area contributed by atoms with Crippen molar-refractivity contribution < 1.29 is 13.9 Å². The molecule has 0 saturated heterocycles. The van der Waals surface area contributed by atoms with Gasteiger partial charge in [0.25, 0.3) is 0 Å². The van der Waals surface area contributed by atoms with E-state index in [-0.39, 0.29) is 27.0 Å². The SMILES string of the molecule is COC(=O)c1cc(-c2cc(Cl)cc(Cl)c2F)n[nH]1. The van der Waals surface area contributed by atoms with Crippen molar-refractivity contribution in [1.82, 2.24) is 10.2 Å². The molecule has 0 aliphatic carbocycles. The van der Waals surface area contributed by atoms with E-state index in [4.69, 9.17) is 23.2 Å². The van der Waals surface area contributed by atoms with Gasteiger partial charge in [-0.05, 0) is 18.2 Å². The number of nitrogens with one attached hydrogen (secondary N) is 1. The molecule has 0 aliphatic heterocycles. The number of hydrogen-bond acceptors (Lipinski definition) is 3. The lowest BCUT2D eigenvalue weighted by atomic mass is 10.1. The number of carbonyl (C=O) groups is 1. The van der Waals surface area contributed by atoms with Gasteiger partial charge in [-0.2, -0.15) is 5.10 Å². The van der Waals surface area contributed by atoms with Crippen LogP contribution in [0, 0.1) is 5.82 Å². The van der Waals surface area contributed by atoms with E-state index >= 15 is 0 Å². The van der Waals surface area contributed by atoms with Crippen LogP contribution in [0.3, 0.4) is 0 Å². The first-order valence-electron chi connectivity index (χ1n) is 4.81. The fraction of sp³-hybridized carbons (Fsp3) is 0.0909. The van der Waals surface area contributed by atoms with Crippen LogP contribution in [0.1, 0.15) is 10.5 Å². The molecule has 0 unspecified atom stereocenters. The molecule has 1 aromatic carbocycles. The van der Waals surface area contributed by atoms with Crippen LogP contribution in [-0.4, -0.2) is 23.3 Å². The monoisotopic (exact) mass is 288 g/mol. The lowest BCUT2D eigenvalue weighted by molar-refractivity contribution is 0.0594. The Morgan fingerprint density at radius 3 is 2.78 bits per heavy atom. The van der Waals surface area contributed by atoms with E-state index in [0.717, 1.165) is 0 Å². The first-order chi connectivity index (χ1) is 8.52. The second kappa shape index (κ2) is 4.96. The number of nitrogens with zero attached hydrogens (tertiary/aromatic N) is 1. The van der Waals surface area contributed by atoms with Crippen LogP contribution < -0.4 is 0 Å². The largest absolute Gasteiger partial charge is 0.464 e. The van der Waals surface area contributed by atoms with Gasteiger partial charge in [-0.1, -0.05) is 23.2 Å². The maximum absolute atomic E-state index is 13.8. The Hall–Kier alpha value is -1.59. The number of carbonyl (C=O) groups excluding carboxylic acids is 1. The van der Waals surface area contributed by atoms with Crippen molar-refractivity contribution in [2.75, 3.05) is 7.11 Å². The van der Waals surface area contributed by atoms with Gasteiger partial charge in [0.1, 0.15) is 5.69 Å². The summed E-state index contributed by atoms with van der Waals surface area (Å²) in [7, 11) is 1.24. The minimum Gasteiger partial charge on any atom is -0.464 e. The lowest BCUT2D eigenvalue weighted by Crippen LogP contribution is -2.00. The summed E-state index contributed by atoms with van der Waals surface area (Å²) in [5.41, 5.74) is 0.444. The van der Waals surface area contributed by atoms with Gasteiger partial charge in [0.05, 0.1) is 17.8 Å². The lowest BCUT2D eigenvalue weighted by Gasteiger charge is -2.02. The Labute approximate surface area is 112 Å². The smallest absolute Gasteiger partial charge is 0.356 e. The topological polar surface area (TPSA) is 55.0 Å². The number of hydrogen-bond donors (Lipinski definition) is 1. The minimum atomic E-state index is -0.649. The molecule has 0 amide bonds. The highest BCUT2D eigenvalue weighted by molar-refractivity contribution is 6.35. The molecule has 1 N–H and O–H groups in total. The van der Waals surface area contributed by atoms with Crippen molar-refractivity contribution in [2.45, 2.75) is 0 Å². The summed E-state index contributed by atoms with van der Waals surface area (Å²) in [6, 6.07) is 4.02. The fourth-order valence-electron chi connectivity index (χ4n) is 1.42. The van der Waals surface area contributed by atoms with Gasteiger partial charge in [-0.25, -0.2) is 9.18 Å². The molecule has 1 aromatic heterocycles. The number of H-pyrrole nitrogens is 1. The van der Waals surface area contributed by atoms with E-state index in [1.807, 2.05) is 0 Å². The summed E-state index contributed by atoms with van der Waals surface area (Å²) in [5, 5.41) is 6.42. The number of benzene rings is 1. The third-order valence-corrected chi connectivity index (χ3v) is 2.75. The second-order valence-corrected chi connectivity index (χ2v) is 4.25. The van der Waals surface area contributed by atoms with E-state index in [2.05, 4.69) is 14.9 Å². The zero-order valence-electron chi connectivity index (χ0n) is 9.13. The van der Waals surface area contributed by atoms with Crippen LogP contribution in [0.4, 0.5) is 4.39 Å². The predicted molar refractivity (Wildman–Crippen MR) is 65.3 cm³/mol. The first kappa shape index (κ1) is 12.9. The molecule has 4 nitrogen and oxygen atoms in total. The molecule has 2 rings (SSSR count). The number of aromatic amines is 1. The molecule has 7 heteroatoms. The van der Waals surface area contributed by atoms with Crippen molar-refractivity contribution in [2.24, 2.45) is 0 Å². The third-order valence-electron chi connectivity index (χ3n) is 2.25. The summed E-state index contributed by atoms with van der Waals surface area (Å²) in [5.74, 6) is -1.24. The summed E-state index contributed by atoms with van der Waals surface area (Å²) in [6.07, 6.45) is 0. The van der Waals surface area contributed by atoms with Gasteiger partial charge in [0.15, 0.2) is 5.82 Å². The second-order valence-electron chi connectivity index (χ2n) is 3.41. The molecule has 0 spiro atoms. The van der Waals surface area contributed by atoms with Crippen molar-refractivity contribution in [3.63, 3.8) is 0 Å². The summed E-state index contributed by atoms with van der Waals surface area (Å²) in [4.78, 5) is 11.2.